The monoisotopic (exact) mass is 248 g/mol. The Hall–Kier alpha value is -1.82. The van der Waals surface area contributed by atoms with E-state index in [1.807, 2.05) is 6.08 Å². The molecule has 0 fully saturated rings. The molecule has 19 heavy (non-hydrogen) atoms. The van der Waals surface area contributed by atoms with Gasteiger partial charge in [-0.15, -0.1) is 0 Å². The molecule has 0 saturated carbocycles. The zero-order valence-electron chi connectivity index (χ0n) is 12.2. The summed E-state index contributed by atoms with van der Waals surface area (Å²) in [7, 11) is 0. The van der Waals surface area contributed by atoms with E-state index in [1.165, 1.54) is 50.1 Å². The van der Waals surface area contributed by atoms with Crippen LogP contribution in [0.4, 0.5) is 0 Å². The van der Waals surface area contributed by atoms with E-state index in [9.17, 15) is 0 Å². The second kappa shape index (κ2) is 4.09. The Bertz CT molecular complexity index is 703. The number of rotatable bonds is 1. The minimum atomic E-state index is 1.05. The average molecular weight is 248 g/mol. The largest absolute Gasteiger partial charge is 0.0984 e. The van der Waals surface area contributed by atoms with Gasteiger partial charge in [-0.25, -0.2) is 0 Å². The van der Waals surface area contributed by atoms with Crippen molar-refractivity contribution in [1.29, 1.82) is 0 Å². The van der Waals surface area contributed by atoms with Crippen molar-refractivity contribution in [3.8, 4) is 11.1 Å². The zero-order chi connectivity index (χ0) is 13.7. The lowest BCUT2D eigenvalue weighted by molar-refractivity contribution is 1.20. The standard InChI is InChI=1S/C19H20/c1-6-16-14(5)13(4)9-18-17-8-12(3)11(2)7-15(17)10-19(16)18/h6-9H,1,10H2,2-5H3. The molecule has 0 bridgehead atoms. The molecule has 0 heteroatoms. The van der Waals surface area contributed by atoms with Gasteiger partial charge in [0.2, 0.25) is 0 Å². The number of hydrogen-bond acceptors (Lipinski definition) is 0. The van der Waals surface area contributed by atoms with Crippen LogP contribution in [0.15, 0.2) is 24.8 Å². The van der Waals surface area contributed by atoms with Crippen LogP contribution in [0.2, 0.25) is 0 Å². The fourth-order valence-electron chi connectivity index (χ4n) is 3.17. The molecule has 96 valence electrons. The summed E-state index contributed by atoms with van der Waals surface area (Å²) in [6, 6.07) is 7.04. The molecule has 0 N–H and O–H groups in total. The SMILES string of the molecule is C=Cc1c(C)c(C)cc2c1Cc1cc(C)c(C)cc1-2. The molecule has 0 nitrogen and oxygen atoms in total. The zero-order valence-corrected chi connectivity index (χ0v) is 12.2. The van der Waals surface area contributed by atoms with Crippen molar-refractivity contribution in [2.24, 2.45) is 0 Å². The Balaban J connectivity index is 2.34. The molecule has 2 aromatic rings. The van der Waals surface area contributed by atoms with Crippen molar-refractivity contribution in [3.05, 3.63) is 63.7 Å². The highest BCUT2D eigenvalue weighted by Gasteiger charge is 2.22. The molecule has 0 saturated heterocycles. The molecule has 2 aromatic carbocycles. The molecule has 1 aliphatic rings. The van der Waals surface area contributed by atoms with Crippen LogP contribution in [0, 0.1) is 27.7 Å². The Morgan fingerprint density at radius 1 is 0.895 bits per heavy atom. The van der Waals surface area contributed by atoms with E-state index in [0.717, 1.165) is 6.42 Å². The summed E-state index contributed by atoms with van der Waals surface area (Å²) in [4.78, 5) is 0. The summed E-state index contributed by atoms with van der Waals surface area (Å²) in [5.74, 6) is 0. The van der Waals surface area contributed by atoms with E-state index in [2.05, 4.69) is 52.5 Å². The Labute approximate surface area is 115 Å². The summed E-state index contributed by atoms with van der Waals surface area (Å²) in [6.07, 6.45) is 3.07. The van der Waals surface area contributed by atoms with Crippen LogP contribution >= 0.6 is 0 Å². The minimum Gasteiger partial charge on any atom is -0.0984 e. The maximum atomic E-state index is 4.01. The van der Waals surface area contributed by atoms with Gasteiger partial charge in [-0.05, 0) is 84.2 Å². The number of benzene rings is 2. The van der Waals surface area contributed by atoms with E-state index in [0.29, 0.717) is 0 Å². The van der Waals surface area contributed by atoms with Gasteiger partial charge >= 0.3 is 0 Å². The maximum absolute atomic E-state index is 4.01. The van der Waals surface area contributed by atoms with Crippen LogP contribution in [0.25, 0.3) is 17.2 Å². The number of hydrogen-bond donors (Lipinski definition) is 0. The highest BCUT2D eigenvalue weighted by atomic mass is 14.3. The normalized spacial score (nSPS) is 12.2. The topological polar surface area (TPSA) is 0 Å². The van der Waals surface area contributed by atoms with E-state index >= 15 is 0 Å². The van der Waals surface area contributed by atoms with Crippen LogP contribution in [0.3, 0.4) is 0 Å². The van der Waals surface area contributed by atoms with Gasteiger partial charge in [0.25, 0.3) is 0 Å². The van der Waals surface area contributed by atoms with Gasteiger partial charge in [-0.2, -0.15) is 0 Å². The minimum absolute atomic E-state index is 1.05. The molecule has 0 amide bonds. The fourth-order valence-corrected chi connectivity index (χ4v) is 3.17. The average Bonchev–Trinajstić information content (AvgIpc) is 2.69. The molecule has 1 aliphatic carbocycles. The molecule has 0 atom stereocenters. The molecule has 0 aliphatic heterocycles. The van der Waals surface area contributed by atoms with Gasteiger partial charge in [0.05, 0.1) is 0 Å². The van der Waals surface area contributed by atoms with Crippen LogP contribution in [0.1, 0.15) is 38.9 Å². The molecule has 0 spiro atoms. The summed E-state index contributed by atoms with van der Waals surface area (Å²) in [5, 5.41) is 0. The van der Waals surface area contributed by atoms with Crippen molar-refractivity contribution >= 4 is 6.08 Å². The van der Waals surface area contributed by atoms with Gasteiger partial charge in [0, 0.05) is 0 Å². The van der Waals surface area contributed by atoms with E-state index in [-0.39, 0.29) is 0 Å². The molecular formula is C19H20. The third kappa shape index (κ3) is 1.67. The van der Waals surface area contributed by atoms with Crippen molar-refractivity contribution in [3.63, 3.8) is 0 Å². The number of aryl methyl sites for hydroxylation is 3. The van der Waals surface area contributed by atoms with Crippen LogP contribution < -0.4 is 0 Å². The van der Waals surface area contributed by atoms with E-state index in [4.69, 9.17) is 0 Å². The quantitative estimate of drug-likeness (QED) is 0.559. The van der Waals surface area contributed by atoms with Crippen molar-refractivity contribution in [1.82, 2.24) is 0 Å². The summed E-state index contributed by atoms with van der Waals surface area (Å²) < 4.78 is 0. The first-order valence-electron chi connectivity index (χ1n) is 6.89. The highest BCUT2D eigenvalue weighted by molar-refractivity contribution is 5.83. The Morgan fingerprint density at radius 2 is 1.53 bits per heavy atom. The molecule has 3 rings (SSSR count). The van der Waals surface area contributed by atoms with E-state index in [1.54, 1.807) is 0 Å². The first-order valence-corrected chi connectivity index (χ1v) is 6.89. The van der Waals surface area contributed by atoms with Gasteiger partial charge in [-0.3, -0.25) is 0 Å². The third-order valence-electron chi connectivity index (χ3n) is 4.59. The van der Waals surface area contributed by atoms with Crippen LogP contribution in [-0.4, -0.2) is 0 Å². The lowest BCUT2D eigenvalue weighted by atomic mass is 9.93. The van der Waals surface area contributed by atoms with Gasteiger partial charge in [-0.1, -0.05) is 30.9 Å². The van der Waals surface area contributed by atoms with Crippen molar-refractivity contribution in [2.45, 2.75) is 34.1 Å². The summed E-state index contributed by atoms with van der Waals surface area (Å²) in [5.41, 5.74) is 12.6. The smallest absolute Gasteiger partial charge is 0.000730 e. The van der Waals surface area contributed by atoms with Crippen molar-refractivity contribution < 1.29 is 0 Å². The third-order valence-corrected chi connectivity index (χ3v) is 4.59. The first kappa shape index (κ1) is 12.2. The van der Waals surface area contributed by atoms with Gasteiger partial charge < -0.3 is 0 Å². The second-order valence-corrected chi connectivity index (χ2v) is 5.73. The fraction of sp³-hybridized carbons (Fsp3) is 0.263. The van der Waals surface area contributed by atoms with Crippen LogP contribution in [-0.2, 0) is 6.42 Å². The predicted octanol–water partition coefficient (Wildman–Crippen LogP) is 5.13. The molecule has 0 heterocycles. The van der Waals surface area contributed by atoms with Gasteiger partial charge in [0.15, 0.2) is 0 Å². The lowest BCUT2D eigenvalue weighted by Gasteiger charge is -2.12. The second-order valence-electron chi connectivity index (χ2n) is 5.73. The maximum Gasteiger partial charge on any atom is -0.000730 e. The number of fused-ring (bicyclic) bond motifs is 3. The Morgan fingerprint density at radius 3 is 2.21 bits per heavy atom. The molecule has 0 aromatic heterocycles. The predicted molar refractivity (Wildman–Crippen MR) is 83.7 cm³/mol. The lowest BCUT2D eigenvalue weighted by Crippen LogP contribution is -1.93. The Kier molecular flexibility index (Phi) is 2.63. The highest BCUT2D eigenvalue weighted by Crippen LogP contribution is 2.41. The van der Waals surface area contributed by atoms with E-state index < -0.39 is 0 Å². The first-order chi connectivity index (χ1) is 9.02. The molecular weight excluding hydrogens is 228 g/mol. The van der Waals surface area contributed by atoms with Crippen molar-refractivity contribution in [2.75, 3.05) is 0 Å². The molecule has 0 radical (unpaired) electrons. The van der Waals surface area contributed by atoms with Crippen LogP contribution in [0.5, 0.6) is 0 Å². The summed E-state index contributed by atoms with van der Waals surface area (Å²) >= 11 is 0. The molecule has 0 unspecified atom stereocenters. The van der Waals surface area contributed by atoms with Gasteiger partial charge in [0.1, 0.15) is 0 Å². The summed E-state index contributed by atoms with van der Waals surface area (Å²) in [6.45, 7) is 12.8.